The van der Waals surface area contributed by atoms with Gasteiger partial charge < -0.3 is 5.11 Å². The molecule has 1 unspecified atom stereocenters. The first-order chi connectivity index (χ1) is 5.45. The predicted octanol–water partition coefficient (Wildman–Crippen LogP) is 2.92. The highest BCUT2D eigenvalue weighted by atomic mass is 19.1. The van der Waals surface area contributed by atoms with Gasteiger partial charge in [0, 0.05) is 0 Å². The highest BCUT2D eigenvalue weighted by Gasteiger charge is 2.12. The molecular formula is C10H21FO. The van der Waals surface area contributed by atoms with Crippen LogP contribution in [0, 0.1) is 5.92 Å². The molecule has 0 saturated carbocycles. The van der Waals surface area contributed by atoms with Gasteiger partial charge in [-0.1, -0.05) is 19.8 Å². The summed E-state index contributed by atoms with van der Waals surface area (Å²) < 4.78 is 11.9. The Balaban J connectivity index is 3.31. The Morgan fingerprint density at radius 3 is 2.33 bits per heavy atom. The van der Waals surface area contributed by atoms with Crippen molar-refractivity contribution in [3.8, 4) is 0 Å². The van der Waals surface area contributed by atoms with E-state index >= 15 is 0 Å². The van der Waals surface area contributed by atoms with Crippen molar-refractivity contribution < 1.29 is 9.50 Å². The molecule has 0 aliphatic carbocycles. The van der Waals surface area contributed by atoms with Gasteiger partial charge >= 0.3 is 0 Å². The Morgan fingerprint density at radius 2 is 1.92 bits per heavy atom. The van der Waals surface area contributed by atoms with E-state index < -0.39 is 5.60 Å². The van der Waals surface area contributed by atoms with Crippen molar-refractivity contribution in [1.29, 1.82) is 0 Å². The highest BCUT2D eigenvalue weighted by molar-refractivity contribution is 4.65. The molecule has 0 aromatic heterocycles. The molecule has 0 saturated heterocycles. The lowest BCUT2D eigenvalue weighted by Gasteiger charge is -2.17. The van der Waals surface area contributed by atoms with Crippen molar-refractivity contribution in [2.45, 2.75) is 52.1 Å². The summed E-state index contributed by atoms with van der Waals surface area (Å²) in [5, 5.41) is 9.39. The molecule has 0 aliphatic heterocycles. The largest absolute Gasteiger partial charge is 0.390 e. The third kappa shape index (κ3) is 7.99. The molecule has 2 heteroatoms. The van der Waals surface area contributed by atoms with Crippen molar-refractivity contribution >= 4 is 0 Å². The van der Waals surface area contributed by atoms with Crippen LogP contribution in [0.1, 0.15) is 46.5 Å². The van der Waals surface area contributed by atoms with Gasteiger partial charge in [-0.2, -0.15) is 0 Å². The van der Waals surface area contributed by atoms with Gasteiger partial charge in [0.05, 0.1) is 12.3 Å². The third-order valence-corrected chi connectivity index (χ3v) is 2.09. The highest BCUT2D eigenvalue weighted by Crippen LogP contribution is 2.17. The van der Waals surface area contributed by atoms with Gasteiger partial charge in [-0.3, -0.25) is 4.39 Å². The summed E-state index contributed by atoms with van der Waals surface area (Å²) >= 11 is 0. The van der Waals surface area contributed by atoms with Gasteiger partial charge in [0.1, 0.15) is 0 Å². The fraction of sp³-hybridized carbons (Fsp3) is 1.00. The van der Waals surface area contributed by atoms with Crippen LogP contribution in [-0.2, 0) is 0 Å². The van der Waals surface area contributed by atoms with E-state index in [2.05, 4.69) is 6.92 Å². The predicted molar refractivity (Wildman–Crippen MR) is 49.9 cm³/mol. The minimum absolute atomic E-state index is 0.219. The molecule has 0 aromatic carbocycles. The molecule has 0 aliphatic rings. The van der Waals surface area contributed by atoms with E-state index in [-0.39, 0.29) is 6.67 Å². The normalized spacial score (nSPS) is 14.8. The van der Waals surface area contributed by atoms with Crippen molar-refractivity contribution in [2.75, 3.05) is 6.67 Å². The molecule has 0 rings (SSSR count). The quantitative estimate of drug-likeness (QED) is 0.659. The van der Waals surface area contributed by atoms with Crippen LogP contribution in [-0.4, -0.2) is 17.4 Å². The summed E-state index contributed by atoms with van der Waals surface area (Å²) in [7, 11) is 0. The molecule has 0 amide bonds. The zero-order chi connectivity index (χ0) is 9.61. The number of hydrogen-bond donors (Lipinski definition) is 1. The van der Waals surface area contributed by atoms with Gasteiger partial charge in [0.2, 0.25) is 0 Å². The van der Waals surface area contributed by atoms with Crippen molar-refractivity contribution in [3.63, 3.8) is 0 Å². The van der Waals surface area contributed by atoms with Crippen LogP contribution in [0.25, 0.3) is 0 Å². The number of halogens is 1. The average Bonchev–Trinajstić information content (AvgIpc) is 1.84. The van der Waals surface area contributed by atoms with Gasteiger partial charge in [0.15, 0.2) is 0 Å². The van der Waals surface area contributed by atoms with Crippen LogP contribution in [0.4, 0.5) is 4.39 Å². The average molecular weight is 176 g/mol. The minimum atomic E-state index is -0.560. The standard InChI is InChI=1S/C10H21FO/c1-9(6-8-11)5-4-7-10(2,3)12/h9,12H,4-8H2,1-3H3. The Bertz CT molecular complexity index is 107. The second-order valence-electron chi connectivity index (χ2n) is 4.29. The van der Waals surface area contributed by atoms with Crippen molar-refractivity contribution in [2.24, 2.45) is 5.92 Å². The second kappa shape index (κ2) is 5.52. The maximum absolute atomic E-state index is 11.9. The van der Waals surface area contributed by atoms with Crippen LogP contribution in [0.2, 0.25) is 0 Å². The fourth-order valence-electron chi connectivity index (χ4n) is 1.21. The number of hydrogen-bond acceptors (Lipinski definition) is 1. The van der Waals surface area contributed by atoms with E-state index in [1.54, 1.807) is 0 Å². The first-order valence-corrected chi connectivity index (χ1v) is 4.74. The lowest BCUT2D eigenvalue weighted by Crippen LogP contribution is -2.18. The molecule has 1 N–H and O–H groups in total. The van der Waals surface area contributed by atoms with E-state index in [0.29, 0.717) is 12.3 Å². The van der Waals surface area contributed by atoms with Crippen LogP contribution in [0.15, 0.2) is 0 Å². The van der Waals surface area contributed by atoms with E-state index in [9.17, 15) is 9.50 Å². The summed E-state index contributed by atoms with van der Waals surface area (Å²) in [6.07, 6.45) is 3.48. The topological polar surface area (TPSA) is 20.2 Å². The molecule has 0 radical (unpaired) electrons. The van der Waals surface area contributed by atoms with Crippen LogP contribution in [0.5, 0.6) is 0 Å². The van der Waals surface area contributed by atoms with Crippen LogP contribution in [0.3, 0.4) is 0 Å². The van der Waals surface area contributed by atoms with Crippen molar-refractivity contribution in [3.05, 3.63) is 0 Å². The summed E-state index contributed by atoms with van der Waals surface area (Å²) in [6.45, 7) is 5.47. The molecular weight excluding hydrogens is 155 g/mol. The first kappa shape index (κ1) is 11.9. The summed E-state index contributed by atoms with van der Waals surface area (Å²) in [6, 6.07) is 0. The summed E-state index contributed by atoms with van der Waals surface area (Å²) in [5.41, 5.74) is -0.560. The molecule has 12 heavy (non-hydrogen) atoms. The molecule has 0 fully saturated rings. The molecule has 0 bridgehead atoms. The van der Waals surface area contributed by atoms with Crippen molar-refractivity contribution in [1.82, 2.24) is 0 Å². The number of aliphatic hydroxyl groups is 1. The fourth-order valence-corrected chi connectivity index (χ4v) is 1.21. The van der Waals surface area contributed by atoms with Crippen LogP contribution >= 0.6 is 0 Å². The van der Waals surface area contributed by atoms with Gasteiger partial charge in [0.25, 0.3) is 0 Å². The van der Waals surface area contributed by atoms with Gasteiger partial charge in [-0.05, 0) is 32.6 Å². The monoisotopic (exact) mass is 176 g/mol. The van der Waals surface area contributed by atoms with Gasteiger partial charge in [-0.15, -0.1) is 0 Å². The molecule has 0 heterocycles. The first-order valence-electron chi connectivity index (χ1n) is 4.74. The van der Waals surface area contributed by atoms with E-state index in [1.165, 1.54) is 0 Å². The maximum atomic E-state index is 11.9. The Labute approximate surface area is 75.0 Å². The summed E-state index contributed by atoms with van der Waals surface area (Å²) in [5.74, 6) is 0.456. The smallest absolute Gasteiger partial charge is 0.0897 e. The molecule has 1 atom stereocenters. The SMILES string of the molecule is CC(CCF)CCCC(C)(C)O. The lowest BCUT2D eigenvalue weighted by molar-refractivity contribution is 0.0668. The number of alkyl halides is 1. The van der Waals surface area contributed by atoms with Gasteiger partial charge in [-0.25, -0.2) is 0 Å². The second-order valence-corrected chi connectivity index (χ2v) is 4.29. The van der Waals surface area contributed by atoms with Crippen LogP contribution < -0.4 is 0 Å². The Morgan fingerprint density at radius 1 is 1.33 bits per heavy atom. The third-order valence-electron chi connectivity index (χ3n) is 2.09. The zero-order valence-corrected chi connectivity index (χ0v) is 8.44. The lowest BCUT2D eigenvalue weighted by atomic mass is 9.95. The molecule has 74 valence electrons. The van der Waals surface area contributed by atoms with E-state index in [0.717, 1.165) is 19.3 Å². The Kier molecular flexibility index (Phi) is 5.47. The summed E-state index contributed by atoms with van der Waals surface area (Å²) in [4.78, 5) is 0. The minimum Gasteiger partial charge on any atom is -0.390 e. The zero-order valence-electron chi connectivity index (χ0n) is 8.44. The van der Waals surface area contributed by atoms with E-state index in [1.807, 2.05) is 13.8 Å². The molecule has 0 aromatic rings. The number of rotatable bonds is 6. The molecule has 0 spiro atoms. The van der Waals surface area contributed by atoms with E-state index in [4.69, 9.17) is 0 Å². The Hall–Kier alpha value is -0.110. The molecule has 1 nitrogen and oxygen atoms in total. The maximum Gasteiger partial charge on any atom is 0.0897 e.